The van der Waals surface area contributed by atoms with E-state index in [1.807, 2.05) is 6.92 Å². The number of aliphatic carboxylic acids is 1. The first-order chi connectivity index (χ1) is 13.2. The van der Waals surface area contributed by atoms with E-state index in [4.69, 9.17) is 5.21 Å². The highest BCUT2D eigenvalue weighted by atomic mass is 16.5. The summed E-state index contributed by atoms with van der Waals surface area (Å²) in [6.45, 7) is 5.93. The summed E-state index contributed by atoms with van der Waals surface area (Å²) in [6.07, 6.45) is 3.92. The third-order valence-electron chi connectivity index (χ3n) is 5.13. The molecule has 1 saturated heterocycles. The zero-order chi connectivity index (χ0) is 21.3. The minimum Gasteiger partial charge on any atom is -0.480 e. The van der Waals surface area contributed by atoms with Crippen LogP contribution in [0.3, 0.4) is 0 Å². The van der Waals surface area contributed by atoms with Crippen molar-refractivity contribution in [1.29, 1.82) is 0 Å². The van der Waals surface area contributed by atoms with Crippen molar-refractivity contribution in [2.45, 2.75) is 77.8 Å². The third-order valence-corrected chi connectivity index (χ3v) is 5.13. The monoisotopic (exact) mass is 399 g/mol. The summed E-state index contributed by atoms with van der Waals surface area (Å²) in [7, 11) is 0. The van der Waals surface area contributed by atoms with Crippen molar-refractivity contribution >= 4 is 23.7 Å². The number of hydrogen-bond acceptors (Lipinski definition) is 5. The fourth-order valence-electron chi connectivity index (χ4n) is 3.49. The molecule has 1 fully saturated rings. The van der Waals surface area contributed by atoms with Gasteiger partial charge in [0, 0.05) is 18.9 Å². The molecule has 0 bridgehead atoms. The topological polar surface area (TPSA) is 136 Å². The maximum atomic E-state index is 12.9. The largest absolute Gasteiger partial charge is 0.480 e. The Bertz CT molecular complexity index is 566. The van der Waals surface area contributed by atoms with Gasteiger partial charge in [-0.1, -0.05) is 40.0 Å². The number of rotatable bonds is 11. The first-order valence-electron chi connectivity index (χ1n) is 9.99. The van der Waals surface area contributed by atoms with Gasteiger partial charge in [0.1, 0.15) is 12.1 Å². The van der Waals surface area contributed by atoms with Crippen LogP contribution in [-0.4, -0.2) is 57.5 Å². The van der Waals surface area contributed by atoms with Crippen molar-refractivity contribution in [3.63, 3.8) is 0 Å². The van der Waals surface area contributed by atoms with E-state index >= 15 is 0 Å². The summed E-state index contributed by atoms with van der Waals surface area (Å²) in [6, 6.07) is -1.73. The van der Waals surface area contributed by atoms with E-state index in [2.05, 4.69) is 5.32 Å². The summed E-state index contributed by atoms with van der Waals surface area (Å²) in [5.74, 6) is -3.45. The molecule has 0 aliphatic carbocycles. The lowest BCUT2D eigenvalue weighted by atomic mass is 9.94. The molecule has 4 N–H and O–H groups in total. The predicted octanol–water partition coefficient (Wildman–Crippen LogP) is 1.29. The van der Waals surface area contributed by atoms with E-state index in [0.29, 0.717) is 25.8 Å². The number of hydroxylamine groups is 1. The molecule has 0 saturated carbocycles. The maximum Gasteiger partial charge on any atom is 0.326 e. The molecule has 28 heavy (non-hydrogen) atoms. The van der Waals surface area contributed by atoms with E-state index < -0.39 is 41.7 Å². The Kier molecular flexibility index (Phi) is 9.92. The van der Waals surface area contributed by atoms with Gasteiger partial charge in [-0.3, -0.25) is 19.6 Å². The van der Waals surface area contributed by atoms with Crippen LogP contribution in [0.4, 0.5) is 0 Å². The number of carbonyl (C=O) groups is 4. The van der Waals surface area contributed by atoms with Crippen LogP contribution < -0.4 is 10.8 Å². The number of unbranched alkanes of at least 4 members (excludes halogenated alkanes) is 2. The molecule has 0 radical (unpaired) electrons. The minimum absolute atomic E-state index is 0.174. The van der Waals surface area contributed by atoms with Crippen molar-refractivity contribution in [3.05, 3.63) is 0 Å². The van der Waals surface area contributed by atoms with Crippen LogP contribution in [0.15, 0.2) is 0 Å². The van der Waals surface area contributed by atoms with Crippen LogP contribution in [0.1, 0.15) is 65.7 Å². The summed E-state index contributed by atoms with van der Waals surface area (Å²) in [5.41, 5.74) is 1.54. The number of nitrogens with one attached hydrogen (secondary N) is 2. The first-order valence-corrected chi connectivity index (χ1v) is 9.99. The number of carboxylic acid groups (broad SMARTS) is 1. The summed E-state index contributed by atoms with van der Waals surface area (Å²) < 4.78 is 0. The standard InChI is InChI=1S/C19H33N3O6/c1-4-5-6-8-13(11-15(23)21-28)17(24)20-16(12(2)3)18(25)22-10-7-9-14(22)19(26)27/h12-14,16,28H,4-11H2,1-3H3,(H,20,24)(H,21,23)(H,26,27)/t13?,14-,16+/m0/s1. The van der Waals surface area contributed by atoms with Gasteiger partial charge in [0.25, 0.3) is 0 Å². The van der Waals surface area contributed by atoms with Gasteiger partial charge in [0.2, 0.25) is 17.7 Å². The smallest absolute Gasteiger partial charge is 0.326 e. The molecule has 1 unspecified atom stereocenters. The number of amides is 3. The van der Waals surface area contributed by atoms with E-state index in [9.17, 15) is 24.3 Å². The summed E-state index contributed by atoms with van der Waals surface area (Å²) in [4.78, 5) is 50.0. The molecular formula is C19H33N3O6. The van der Waals surface area contributed by atoms with Crippen molar-refractivity contribution in [2.24, 2.45) is 11.8 Å². The molecule has 3 amide bonds. The van der Waals surface area contributed by atoms with Crippen LogP contribution in [-0.2, 0) is 19.2 Å². The molecule has 1 aliphatic heterocycles. The molecule has 3 atom stereocenters. The Balaban J connectivity index is 2.88. The van der Waals surface area contributed by atoms with Gasteiger partial charge < -0.3 is 15.3 Å². The molecule has 0 aromatic rings. The number of carboxylic acids is 1. The second-order valence-electron chi connectivity index (χ2n) is 7.69. The van der Waals surface area contributed by atoms with Crippen LogP contribution in [0, 0.1) is 11.8 Å². The van der Waals surface area contributed by atoms with Gasteiger partial charge in [-0.25, -0.2) is 10.3 Å². The Morgan fingerprint density at radius 3 is 2.39 bits per heavy atom. The van der Waals surface area contributed by atoms with Gasteiger partial charge in [0.15, 0.2) is 0 Å². The van der Waals surface area contributed by atoms with Crippen LogP contribution >= 0.6 is 0 Å². The van der Waals surface area contributed by atoms with Gasteiger partial charge in [-0.2, -0.15) is 0 Å². The van der Waals surface area contributed by atoms with Crippen molar-refractivity contribution in [3.8, 4) is 0 Å². The lowest BCUT2D eigenvalue weighted by Crippen LogP contribution is -2.54. The number of carbonyl (C=O) groups excluding carboxylic acids is 3. The van der Waals surface area contributed by atoms with E-state index in [1.54, 1.807) is 19.3 Å². The second-order valence-corrected chi connectivity index (χ2v) is 7.69. The normalized spacial score (nSPS) is 18.6. The highest BCUT2D eigenvalue weighted by molar-refractivity contribution is 5.92. The molecule has 0 aromatic heterocycles. The van der Waals surface area contributed by atoms with Gasteiger partial charge in [0.05, 0.1) is 0 Å². The van der Waals surface area contributed by atoms with Gasteiger partial charge >= 0.3 is 5.97 Å². The second kappa shape index (κ2) is 11.6. The molecule has 0 spiro atoms. The van der Waals surface area contributed by atoms with E-state index in [1.165, 1.54) is 4.90 Å². The lowest BCUT2D eigenvalue weighted by Gasteiger charge is -2.30. The van der Waals surface area contributed by atoms with E-state index in [0.717, 1.165) is 19.3 Å². The molecule has 9 nitrogen and oxygen atoms in total. The Labute approximate surface area is 165 Å². The Hall–Kier alpha value is -2.16. The van der Waals surface area contributed by atoms with Gasteiger partial charge in [-0.15, -0.1) is 0 Å². The van der Waals surface area contributed by atoms with Crippen LogP contribution in [0.5, 0.6) is 0 Å². The number of likely N-dealkylation sites (tertiary alicyclic amines) is 1. The summed E-state index contributed by atoms with van der Waals surface area (Å²) in [5, 5.41) is 20.8. The quantitative estimate of drug-likeness (QED) is 0.235. The average Bonchev–Trinajstić information content (AvgIpc) is 3.14. The molecule has 9 heteroatoms. The molecule has 1 aliphatic rings. The van der Waals surface area contributed by atoms with Gasteiger partial charge in [-0.05, 0) is 25.2 Å². The third kappa shape index (κ3) is 6.78. The zero-order valence-electron chi connectivity index (χ0n) is 16.9. The summed E-state index contributed by atoms with van der Waals surface area (Å²) >= 11 is 0. The SMILES string of the molecule is CCCCCC(CC(=O)NO)C(=O)N[C@@H](C(=O)N1CCC[C@H]1C(=O)O)C(C)C. The van der Waals surface area contributed by atoms with Crippen LogP contribution in [0.2, 0.25) is 0 Å². The fraction of sp³-hybridized carbons (Fsp3) is 0.789. The average molecular weight is 399 g/mol. The first kappa shape index (κ1) is 23.9. The number of nitrogens with zero attached hydrogens (tertiary/aromatic N) is 1. The van der Waals surface area contributed by atoms with E-state index in [-0.39, 0.29) is 12.3 Å². The highest BCUT2D eigenvalue weighted by Gasteiger charge is 2.39. The predicted molar refractivity (Wildman–Crippen MR) is 101 cm³/mol. The molecular weight excluding hydrogens is 366 g/mol. The van der Waals surface area contributed by atoms with Crippen molar-refractivity contribution in [1.82, 2.24) is 15.7 Å². The van der Waals surface area contributed by atoms with Crippen LogP contribution in [0.25, 0.3) is 0 Å². The maximum absolute atomic E-state index is 12.9. The molecule has 160 valence electrons. The highest BCUT2D eigenvalue weighted by Crippen LogP contribution is 2.21. The minimum atomic E-state index is -1.04. The fourth-order valence-corrected chi connectivity index (χ4v) is 3.49. The lowest BCUT2D eigenvalue weighted by molar-refractivity contribution is -0.150. The Morgan fingerprint density at radius 2 is 1.86 bits per heavy atom. The zero-order valence-corrected chi connectivity index (χ0v) is 16.9. The Morgan fingerprint density at radius 1 is 1.18 bits per heavy atom. The van der Waals surface area contributed by atoms with Crippen molar-refractivity contribution < 1.29 is 29.5 Å². The number of hydrogen-bond donors (Lipinski definition) is 4. The molecule has 1 rings (SSSR count). The molecule has 0 aromatic carbocycles. The molecule has 1 heterocycles. The van der Waals surface area contributed by atoms with Crippen molar-refractivity contribution in [2.75, 3.05) is 6.54 Å².